The molecule has 0 aliphatic rings. The van der Waals surface area contributed by atoms with Gasteiger partial charge >= 0.3 is 0 Å². The van der Waals surface area contributed by atoms with Crippen molar-refractivity contribution in [2.75, 3.05) is 0 Å². The van der Waals surface area contributed by atoms with Gasteiger partial charge in [0.1, 0.15) is 45.0 Å². The van der Waals surface area contributed by atoms with Crippen LogP contribution < -0.4 is 0 Å². The van der Waals surface area contributed by atoms with Crippen LogP contribution in [-0.4, -0.2) is 45.3 Å². The fourth-order valence-corrected chi connectivity index (χ4v) is 4.20. The van der Waals surface area contributed by atoms with Gasteiger partial charge in [-0.1, -0.05) is 36.4 Å². The van der Waals surface area contributed by atoms with Crippen LogP contribution in [0.15, 0.2) is 72.8 Å². The quantitative estimate of drug-likeness (QED) is 0.358. The third kappa shape index (κ3) is 3.50. The molecule has 9 nitrogen and oxygen atoms in total. The lowest BCUT2D eigenvalue weighted by atomic mass is 9.99. The molecular weight excluding hydrogens is 444 g/mol. The zero-order valence-electron chi connectivity index (χ0n) is 18.7. The Balaban J connectivity index is 1.43. The first-order valence-corrected chi connectivity index (χ1v) is 11.0. The molecule has 0 bridgehead atoms. The molecule has 0 aliphatic heterocycles. The van der Waals surface area contributed by atoms with Gasteiger partial charge in [-0.2, -0.15) is 0 Å². The molecule has 35 heavy (non-hydrogen) atoms. The third-order valence-corrected chi connectivity index (χ3v) is 5.90. The van der Waals surface area contributed by atoms with Crippen LogP contribution in [0.2, 0.25) is 0 Å². The van der Waals surface area contributed by atoms with Crippen molar-refractivity contribution >= 4 is 22.1 Å². The minimum Gasteiger partial charge on any atom is -0.505 e. The number of aromatic nitrogens is 6. The fraction of sp³-hybridized carbons (Fsp3) is 0.0769. The number of benzene rings is 4. The van der Waals surface area contributed by atoms with Crippen molar-refractivity contribution < 1.29 is 15.3 Å². The highest BCUT2D eigenvalue weighted by molar-refractivity contribution is 5.75. The number of fused-ring (bicyclic) bond motifs is 2. The Bertz CT molecular complexity index is 1670. The Labute approximate surface area is 199 Å². The highest BCUT2D eigenvalue weighted by Gasteiger charge is 2.20. The summed E-state index contributed by atoms with van der Waals surface area (Å²) < 4.78 is 0. The smallest absolute Gasteiger partial charge is 0.169 e. The van der Waals surface area contributed by atoms with Crippen LogP contribution in [0.4, 0.5) is 0 Å². The largest absolute Gasteiger partial charge is 0.505 e. The lowest BCUT2D eigenvalue weighted by Gasteiger charge is -2.14. The number of hydrogen-bond acceptors (Lipinski definition) is 7. The average molecular weight is 464 g/mol. The van der Waals surface area contributed by atoms with Crippen molar-refractivity contribution in [1.82, 2.24) is 30.0 Å². The molecule has 6 rings (SSSR count). The lowest BCUT2D eigenvalue weighted by molar-refractivity contribution is 0.434. The van der Waals surface area contributed by atoms with Gasteiger partial charge in [-0.25, -0.2) is 0 Å². The average Bonchev–Trinajstić information content (AvgIpc) is 3.47. The van der Waals surface area contributed by atoms with Crippen LogP contribution in [0.1, 0.15) is 16.7 Å². The molecule has 0 radical (unpaired) electrons. The maximum Gasteiger partial charge on any atom is 0.169 e. The van der Waals surface area contributed by atoms with Gasteiger partial charge in [-0.05, 0) is 48.9 Å². The van der Waals surface area contributed by atoms with Gasteiger partial charge in [0, 0.05) is 17.5 Å². The number of aromatic hydroxyl groups is 3. The second-order valence-corrected chi connectivity index (χ2v) is 8.37. The van der Waals surface area contributed by atoms with E-state index in [1.54, 1.807) is 24.3 Å². The van der Waals surface area contributed by atoms with Crippen LogP contribution in [-0.2, 0) is 6.42 Å². The summed E-state index contributed by atoms with van der Waals surface area (Å²) in [5, 5.41) is 50.4. The standard InChI is InChI=1S/C26H20N6O3/c1-15-12-17(25(34)22(13-15)31-27-18-6-2-3-7-19(18)28-31)14-16-10-11-23(33)24(26(16)35)32-29-20-8-4-5-9-21(20)30-32/h2-13,33-35H,14H2,1H3. The number of phenolic OH excluding ortho intramolecular Hbond substituents is 3. The van der Waals surface area contributed by atoms with Crippen LogP contribution >= 0.6 is 0 Å². The summed E-state index contributed by atoms with van der Waals surface area (Å²) in [7, 11) is 0. The Morgan fingerprint density at radius 1 is 0.629 bits per heavy atom. The fourth-order valence-electron chi connectivity index (χ4n) is 4.20. The summed E-state index contributed by atoms with van der Waals surface area (Å²) >= 11 is 0. The van der Waals surface area contributed by atoms with Crippen molar-refractivity contribution in [3.63, 3.8) is 0 Å². The van der Waals surface area contributed by atoms with E-state index in [2.05, 4.69) is 20.4 Å². The summed E-state index contributed by atoms with van der Waals surface area (Å²) in [6, 6.07) is 21.5. The van der Waals surface area contributed by atoms with Crippen molar-refractivity contribution in [2.45, 2.75) is 13.3 Å². The molecule has 0 spiro atoms. The molecule has 6 aromatic rings. The molecule has 0 fully saturated rings. The first-order chi connectivity index (χ1) is 17.0. The second-order valence-electron chi connectivity index (χ2n) is 8.37. The Morgan fingerprint density at radius 2 is 1.17 bits per heavy atom. The van der Waals surface area contributed by atoms with Crippen molar-refractivity contribution in [2.24, 2.45) is 0 Å². The minimum atomic E-state index is -0.171. The summed E-state index contributed by atoms with van der Waals surface area (Å²) in [6.45, 7) is 1.91. The van der Waals surface area contributed by atoms with Crippen LogP contribution in [0.5, 0.6) is 17.2 Å². The van der Waals surface area contributed by atoms with Gasteiger partial charge in [-0.15, -0.1) is 30.0 Å². The van der Waals surface area contributed by atoms with Gasteiger partial charge in [0.15, 0.2) is 5.69 Å². The molecule has 3 N–H and O–H groups in total. The second kappa shape index (κ2) is 7.84. The van der Waals surface area contributed by atoms with E-state index in [4.69, 9.17) is 0 Å². The molecule has 0 saturated heterocycles. The predicted molar refractivity (Wildman–Crippen MR) is 130 cm³/mol. The van der Waals surface area contributed by atoms with Gasteiger partial charge in [0.25, 0.3) is 0 Å². The Morgan fingerprint density at radius 3 is 1.74 bits per heavy atom. The number of nitrogens with zero attached hydrogens (tertiary/aromatic N) is 6. The van der Waals surface area contributed by atoms with Crippen molar-refractivity contribution in [3.05, 3.63) is 89.5 Å². The molecule has 172 valence electrons. The first kappa shape index (κ1) is 20.7. The van der Waals surface area contributed by atoms with E-state index in [0.29, 0.717) is 27.8 Å². The van der Waals surface area contributed by atoms with Gasteiger partial charge < -0.3 is 15.3 Å². The van der Waals surface area contributed by atoms with Crippen LogP contribution in [0.3, 0.4) is 0 Å². The normalized spacial score (nSPS) is 11.5. The van der Waals surface area contributed by atoms with Crippen molar-refractivity contribution in [3.8, 4) is 28.6 Å². The van der Waals surface area contributed by atoms with E-state index in [9.17, 15) is 15.3 Å². The third-order valence-electron chi connectivity index (χ3n) is 5.90. The topological polar surface area (TPSA) is 122 Å². The lowest BCUT2D eigenvalue weighted by Crippen LogP contribution is -2.04. The molecule has 2 heterocycles. The molecular formula is C26H20N6O3. The van der Waals surface area contributed by atoms with E-state index < -0.39 is 0 Å². The highest BCUT2D eigenvalue weighted by Crippen LogP contribution is 2.37. The first-order valence-electron chi connectivity index (χ1n) is 11.0. The Hall–Kier alpha value is -4.92. The van der Waals surface area contributed by atoms with E-state index in [1.165, 1.54) is 15.7 Å². The molecule has 0 saturated carbocycles. The molecule has 9 heteroatoms. The number of hydrogen-bond donors (Lipinski definition) is 3. The van der Waals surface area contributed by atoms with E-state index in [1.807, 2.05) is 49.4 Å². The summed E-state index contributed by atoms with van der Waals surface area (Å²) in [4.78, 5) is 2.64. The van der Waals surface area contributed by atoms with E-state index in [0.717, 1.165) is 16.6 Å². The number of phenols is 3. The van der Waals surface area contributed by atoms with Crippen LogP contribution in [0, 0.1) is 6.92 Å². The molecule has 0 amide bonds. The molecule has 4 aromatic carbocycles. The zero-order valence-corrected chi connectivity index (χ0v) is 18.7. The maximum absolute atomic E-state index is 11.1. The van der Waals surface area contributed by atoms with Crippen molar-refractivity contribution in [1.29, 1.82) is 0 Å². The summed E-state index contributed by atoms with van der Waals surface area (Å²) in [6.07, 6.45) is 0.196. The van der Waals surface area contributed by atoms with Crippen LogP contribution in [0.25, 0.3) is 33.4 Å². The monoisotopic (exact) mass is 464 g/mol. The molecule has 0 aliphatic carbocycles. The molecule has 0 atom stereocenters. The maximum atomic E-state index is 11.1. The zero-order chi connectivity index (χ0) is 24.1. The van der Waals surface area contributed by atoms with E-state index >= 15 is 0 Å². The van der Waals surface area contributed by atoms with Gasteiger partial charge in [0.05, 0.1) is 0 Å². The Kier molecular flexibility index (Phi) is 4.63. The van der Waals surface area contributed by atoms with E-state index in [-0.39, 0.29) is 29.4 Å². The molecule has 2 aromatic heterocycles. The SMILES string of the molecule is Cc1cc(Cc2ccc(O)c(-n3nc4ccccc4n3)c2O)c(O)c(-n2nc3ccccc3n2)c1. The molecule has 0 unspecified atom stereocenters. The van der Waals surface area contributed by atoms with Gasteiger partial charge in [0.2, 0.25) is 0 Å². The predicted octanol–water partition coefficient (Wildman–Crippen LogP) is 4.17. The highest BCUT2D eigenvalue weighted by atomic mass is 16.3. The number of rotatable bonds is 4. The summed E-state index contributed by atoms with van der Waals surface area (Å²) in [5.74, 6) is -0.322. The number of aryl methyl sites for hydroxylation is 1. The summed E-state index contributed by atoms with van der Waals surface area (Å²) in [5.41, 5.74) is 5.18. The van der Waals surface area contributed by atoms with Gasteiger partial charge in [-0.3, -0.25) is 0 Å². The minimum absolute atomic E-state index is 0.00730.